The Morgan fingerprint density at radius 1 is 0.576 bits per heavy atom. The largest absolute Gasteiger partial charge is 0.489 e. The molecule has 14 heteroatoms. The summed E-state index contributed by atoms with van der Waals surface area (Å²) in [7, 11) is 0. The summed E-state index contributed by atoms with van der Waals surface area (Å²) in [5.41, 5.74) is 2.06. The first-order valence-corrected chi connectivity index (χ1v) is 20.0. The Kier molecular flexibility index (Phi) is 16.1. The molecule has 5 aromatic carbocycles. The lowest BCUT2D eigenvalue weighted by molar-refractivity contribution is -0.147. The Labute approximate surface area is 363 Å². The maximum atomic E-state index is 14.1. The van der Waals surface area contributed by atoms with Gasteiger partial charge in [-0.05, 0) is 80.4 Å². The van der Waals surface area contributed by atoms with Crippen LogP contribution in [0.2, 0.25) is 20.1 Å². The van der Waals surface area contributed by atoms with Crippen LogP contribution in [0, 0.1) is 0 Å². The molecule has 0 aromatic heterocycles. The van der Waals surface area contributed by atoms with Crippen LogP contribution in [0.1, 0.15) is 53.4 Å². The minimum atomic E-state index is -1.27. The molecule has 2 amide bonds. The lowest BCUT2D eigenvalue weighted by atomic mass is 10.0. The van der Waals surface area contributed by atoms with Crippen molar-refractivity contribution in [3.8, 4) is 11.5 Å². The summed E-state index contributed by atoms with van der Waals surface area (Å²) in [5, 5.41) is 7.28. The summed E-state index contributed by atoms with van der Waals surface area (Å²) < 4.78 is 22.7. The predicted octanol–water partition coefficient (Wildman–Crippen LogP) is 10.0. The smallest absolute Gasteiger partial charge is 0.408 e. The monoisotopic (exact) mass is 878 g/mol. The van der Waals surface area contributed by atoms with E-state index in [4.69, 9.17) is 65.4 Å². The van der Waals surface area contributed by atoms with Crippen molar-refractivity contribution in [2.45, 2.75) is 64.5 Å². The van der Waals surface area contributed by atoms with Crippen molar-refractivity contribution >= 4 is 70.2 Å². The minimum Gasteiger partial charge on any atom is -0.489 e. The third kappa shape index (κ3) is 13.9. The normalized spacial score (nSPS) is 12.1. The molecule has 59 heavy (non-hydrogen) atoms. The van der Waals surface area contributed by atoms with E-state index in [1.54, 1.807) is 136 Å². The quantitative estimate of drug-likeness (QED) is 0.0698. The molecule has 308 valence electrons. The average Bonchev–Trinajstić information content (AvgIpc) is 3.19. The maximum absolute atomic E-state index is 14.1. The zero-order valence-electron chi connectivity index (χ0n) is 32.4. The van der Waals surface area contributed by atoms with Gasteiger partial charge in [-0.25, -0.2) is 9.59 Å². The zero-order valence-corrected chi connectivity index (χ0v) is 35.5. The fourth-order valence-corrected chi connectivity index (χ4v) is 6.65. The summed E-state index contributed by atoms with van der Waals surface area (Å²) in [6, 6.07) is 30.0. The molecule has 10 nitrogen and oxygen atoms in total. The van der Waals surface area contributed by atoms with Crippen LogP contribution in [0.4, 0.5) is 4.79 Å². The number of ketones is 1. The molecule has 0 saturated carbocycles. The van der Waals surface area contributed by atoms with E-state index in [0.717, 1.165) is 0 Å². The van der Waals surface area contributed by atoms with Gasteiger partial charge in [0.15, 0.2) is 12.4 Å². The molecule has 0 unspecified atom stereocenters. The Morgan fingerprint density at radius 2 is 1.03 bits per heavy atom. The first-order valence-electron chi connectivity index (χ1n) is 18.5. The number of hydrogen-bond donors (Lipinski definition) is 2. The number of hydrogen-bond acceptors (Lipinski definition) is 8. The highest BCUT2D eigenvalue weighted by atomic mass is 35.5. The van der Waals surface area contributed by atoms with E-state index >= 15 is 0 Å². The van der Waals surface area contributed by atoms with E-state index < -0.39 is 48.0 Å². The lowest BCUT2D eigenvalue weighted by Crippen LogP contribution is -2.54. The molecule has 5 rings (SSSR count). The molecule has 0 aliphatic rings. The Bertz CT molecular complexity index is 2190. The number of nitrogens with one attached hydrogen (secondary N) is 2. The summed E-state index contributed by atoms with van der Waals surface area (Å²) in [6.07, 6.45) is -0.853. The average molecular weight is 881 g/mol. The number of benzene rings is 5. The standard InChI is InChI=1S/C45H42Cl4N2O8/c1-45(2,3)59-44(55)51-39(23-28-15-19-31(20-16-28)56-25-33-35(46)11-7-12-36(33)47)42(53)50-40(43(54)58-27-41(52)30-9-5-4-6-10-30)24-29-17-21-32(22-18-29)57-26-34-37(48)13-8-14-38(34)49/h4-22,39-40H,23-27H2,1-3H3,(H,50,53)(H,51,55)/t39-,40-/m0/s1. The van der Waals surface area contributed by atoms with Crippen molar-refractivity contribution in [1.29, 1.82) is 0 Å². The summed E-state index contributed by atoms with van der Waals surface area (Å²) in [6.45, 7) is 4.79. The van der Waals surface area contributed by atoms with Gasteiger partial charge in [-0.15, -0.1) is 0 Å². The van der Waals surface area contributed by atoms with Crippen molar-refractivity contribution in [1.82, 2.24) is 10.6 Å². The van der Waals surface area contributed by atoms with Gasteiger partial charge < -0.3 is 29.6 Å². The van der Waals surface area contributed by atoms with Crippen molar-refractivity contribution in [3.63, 3.8) is 0 Å². The van der Waals surface area contributed by atoms with Gasteiger partial charge in [0, 0.05) is 49.6 Å². The van der Waals surface area contributed by atoms with Crippen LogP contribution in [0.15, 0.2) is 115 Å². The number of alkyl carbamates (subject to hydrolysis) is 1. The van der Waals surface area contributed by atoms with Crippen LogP contribution in [-0.2, 0) is 45.1 Å². The van der Waals surface area contributed by atoms with E-state index in [0.29, 0.717) is 59.4 Å². The zero-order chi connectivity index (χ0) is 42.5. The molecule has 0 aliphatic heterocycles. The third-order valence-electron chi connectivity index (χ3n) is 8.67. The van der Waals surface area contributed by atoms with Crippen molar-refractivity contribution in [2.75, 3.05) is 6.61 Å². The molecule has 0 fully saturated rings. The minimum absolute atomic E-state index is 0.0114. The number of carbonyl (C=O) groups excluding carboxylic acids is 4. The molecule has 0 bridgehead atoms. The molecule has 0 spiro atoms. The molecule has 2 atom stereocenters. The van der Waals surface area contributed by atoms with E-state index in [9.17, 15) is 19.2 Å². The molecular formula is C45H42Cl4N2O8. The number of esters is 1. The van der Waals surface area contributed by atoms with E-state index in [1.165, 1.54) is 0 Å². The second-order valence-corrected chi connectivity index (χ2v) is 16.0. The predicted molar refractivity (Wildman–Crippen MR) is 229 cm³/mol. The Hall–Kier alpha value is -5.26. The number of halogens is 4. The van der Waals surface area contributed by atoms with Crippen LogP contribution in [0.25, 0.3) is 0 Å². The van der Waals surface area contributed by atoms with E-state index in [-0.39, 0.29) is 26.1 Å². The van der Waals surface area contributed by atoms with Crippen LogP contribution in [0.3, 0.4) is 0 Å². The summed E-state index contributed by atoms with van der Waals surface area (Å²) in [4.78, 5) is 53.6. The van der Waals surface area contributed by atoms with Gasteiger partial charge in [-0.3, -0.25) is 9.59 Å². The van der Waals surface area contributed by atoms with Crippen LogP contribution >= 0.6 is 46.4 Å². The fraction of sp³-hybridized carbons (Fsp3) is 0.244. The van der Waals surface area contributed by atoms with Gasteiger partial charge in [0.1, 0.15) is 42.4 Å². The maximum Gasteiger partial charge on any atom is 0.408 e. The van der Waals surface area contributed by atoms with Crippen molar-refractivity contribution < 1.29 is 38.1 Å². The van der Waals surface area contributed by atoms with E-state index in [1.807, 2.05) is 0 Å². The second-order valence-electron chi connectivity index (χ2n) is 14.3. The highest BCUT2D eigenvalue weighted by molar-refractivity contribution is 6.36. The Balaban J connectivity index is 1.32. The van der Waals surface area contributed by atoms with Gasteiger partial charge in [0.25, 0.3) is 0 Å². The third-order valence-corrected chi connectivity index (χ3v) is 10.1. The molecule has 5 aromatic rings. The van der Waals surface area contributed by atoms with Gasteiger partial charge in [0.05, 0.1) is 0 Å². The number of Topliss-reactive ketones (excluding diaryl/α,β-unsaturated/α-hetero) is 1. The first kappa shape index (κ1) is 44.8. The number of rotatable bonds is 17. The summed E-state index contributed by atoms with van der Waals surface area (Å²) in [5.74, 6) is -0.948. The van der Waals surface area contributed by atoms with Crippen LogP contribution in [0.5, 0.6) is 11.5 Å². The molecule has 0 saturated heterocycles. The highest BCUT2D eigenvalue weighted by Gasteiger charge is 2.30. The molecule has 0 radical (unpaired) electrons. The van der Waals surface area contributed by atoms with E-state index in [2.05, 4.69) is 10.6 Å². The van der Waals surface area contributed by atoms with Crippen molar-refractivity contribution in [2.24, 2.45) is 0 Å². The van der Waals surface area contributed by atoms with Crippen molar-refractivity contribution in [3.05, 3.63) is 163 Å². The lowest BCUT2D eigenvalue weighted by Gasteiger charge is -2.25. The molecule has 0 heterocycles. The molecule has 2 N–H and O–H groups in total. The van der Waals surface area contributed by atoms with Gasteiger partial charge >= 0.3 is 12.1 Å². The topological polar surface area (TPSA) is 129 Å². The van der Waals surface area contributed by atoms with Gasteiger partial charge in [0.2, 0.25) is 5.91 Å². The molecule has 0 aliphatic carbocycles. The number of ether oxygens (including phenoxy) is 4. The highest BCUT2D eigenvalue weighted by Crippen LogP contribution is 2.28. The first-order chi connectivity index (χ1) is 28.1. The van der Waals surface area contributed by atoms with Gasteiger partial charge in [-0.1, -0.05) is 113 Å². The number of carbonyl (C=O) groups is 4. The molecular weight excluding hydrogens is 838 g/mol. The van der Waals surface area contributed by atoms with Crippen LogP contribution in [-0.4, -0.2) is 48.0 Å². The Morgan fingerprint density at radius 3 is 1.49 bits per heavy atom. The number of amides is 2. The van der Waals surface area contributed by atoms with Crippen LogP contribution < -0.4 is 20.1 Å². The summed E-state index contributed by atoms with van der Waals surface area (Å²) >= 11 is 25.2. The van der Waals surface area contributed by atoms with Gasteiger partial charge in [-0.2, -0.15) is 0 Å². The fourth-order valence-electron chi connectivity index (χ4n) is 5.64. The second kappa shape index (κ2) is 21.1. The SMILES string of the molecule is CC(C)(C)OC(=O)N[C@@H](Cc1ccc(OCc2c(Cl)cccc2Cl)cc1)C(=O)N[C@@H](Cc1ccc(OCc2c(Cl)cccc2Cl)cc1)C(=O)OCC(=O)c1ccccc1.